The molecule has 18 heavy (non-hydrogen) atoms. The molecule has 2 N–H and O–H groups in total. The maximum atomic E-state index is 12.2. The molecule has 0 saturated carbocycles. The minimum Gasteiger partial charge on any atom is -0.373 e. The first kappa shape index (κ1) is 13.1. The molecular formula is C14H20N2O2. The zero-order chi connectivity index (χ0) is 13.0. The number of ether oxygens (including phenoxy) is 1. The highest BCUT2D eigenvalue weighted by atomic mass is 16.5. The average molecular weight is 248 g/mol. The zero-order valence-electron chi connectivity index (χ0n) is 10.8. The van der Waals surface area contributed by atoms with Gasteiger partial charge in [-0.05, 0) is 12.5 Å². The summed E-state index contributed by atoms with van der Waals surface area (Å²) in [6.45, 7) is 4.37. The lowest BCUT2D eigenvalue weighted by Crippen LogP contribution is -2.48. The van der Waals surface area contributed by atoms with Crippen molar-refractivity contribution in [1.82, 2.24) is 4.90 Å². The van der Waals surface area contributed by atoms with Crippen LogP contribution in [-0.4, -0.2) is 43.2 Å². The molecule has 1 amide bonds. The number of hydrogen-bond donors (Lipinski definition) is 1. The lowest BCUT2D eigenvalue weighted by Gasteiger charge is -2.32. The van der Waals surface area contributed by atoms with E-state index in [1.807, 2.05) is 30.0 Å². The standard InChI is InChI=1S/C14H20N2O2/c1-11-3-2-4-12(7-11)8-14(17)16-5-6-18-13(9-15)10-16/h2-4,7,13H,5-6,8-10,15H2,1H3/t13-/m0/s1. The van der Waals surface area contributed by atoms with Crippen molar-refractivity contribution in [3.63, 3.8) is 0 Å². The molecule has 1 fully saturated rings. The lowest BCUT2D eigenvalue weighted by atomic mass is 10.1. The van der Waals surface area contributed by atoms with E-state index in [2.05, 4.69) is 6.07 Å². The largest absolute Gasteiger partial charge is 0.373 e. The topological polar surface area (TPSA) is 55.6 Å². The van der Waals surface area contributed by atoms with Gasteiger partial charge in [-0.3, -0.25) is 4.79 Å². The number of carbonyl (C=O) groups is 1. The van der Waals surface area contributed by atoms with Crippen molar-refractivity contribution in [3.05, 3.63) is 35.4 Å². The number of carbonyl (C=O) groups excluding carboxylic acids is 1. The van der Waals surface area contributed by atoms with E-state index in [0.717, 1.165) is 5.56 Å². The molecule has 0 radical (unpaired) electrons. The maximum Gasteiger partial charge on any atom is 0.227 e. The Morgan fingerprint density at radius 1 is 1.56 bits per heavy atom. The van der Waals surface area contributed by atoms with Crippen LogP contribution in [0.4, 0.5) is 0 Å². The first-order valence-corrected chi connectivity index (χ1v) is 6.34. The monoisotopic (exact) mass is 248 g/mol. The van der Waals surface area contributed by atoms with Crippen LogP contribution in [0.1, 0.15) is 11.1 Å². The quantitative estimate of drug-likeness (QED) is 0.857. The molecule has 1 aliphatic rings. The SMILES string of the molecule is Cc1cccc(CC(=O)N2CCO[C@@H](CN)C2)c1. The lowest BCUT2D eigenvalue weighted by molar-refractivity contribution is -0.137. The third-order valence-corrected chi connectivity index (χ3v) is 3.19. The fourth-order valence-electron chi connectivity index (χ4n) is 2.20. The van der Waals surface area contributed by atoms with Gasteiger partial charge < -0.3 is 15.4 Å². The van der Waals surface area contributed by atoms with Gasteiger partial charge in [0.05, 0.1) is 19.1 Å². The summed E-state index contributed by atoms with van der Waals surface area (Å²) in [7, 11) is 0. The van der Waals surface area contributed by atoms with Crippen molar-refractivity contribution < 1.29 is 9.53 Å². The van der Waals surface area contributed by atoms with Gasteiger partial charge >= 0.3 is 0 Å². The van der Waals surface area contributed by atoms with E-state index in [9.17, 15) is 4.79 Å². The number of amides is 1. The Bertz CT molecular complexity index is 420. The van der Waals surface area contributed by atoms with Gasteiger partial charge in [0.15, 0.2) is 0 Å². The van der Waals surface area contributed by atoms with E-state index < -0.39 is 0 Å². The molecule has 1 aliphatic heterocycles. The maximum absolute atomic E-state index is 12.2. The summed E-state index contributed by atoms with van der Waals surface area (Å²) < 4.78 is 5.46. The molecule has 4 heteroatoms. The van der Waals surface area contributed by atoms with Crippen molar-refractivity contribution in [1.29, 1.82) is 0 Å². The summed E-state index contributed by atoms with van der Waals surface area (Å²) in [6, 6.07) is 8.07. The first-order chi connectivity index (χ1) is 8.69. The van der Waals surface area contributed by atoms with Crippen molar-refractivity contribution in [2.45, 2.75) is 19.4 Å². The van der Waals surface area contributed by atoms with Crippen LogP contribution in [0.2, 0.25) is 0 Å². The molecule has 4 nitrogen and oxygen atoms in total. The van der Waals surface area contributed by atoms with Crippen LogP contribution in [0, 0.1) is 6.92 Å². The second kappa shape index (κ2) is 5.98. The van der Waals surface area contributed by atoms with Crippen LogP contribution in [0.25, 0.3) is 0 Å². The van der Waals surface area contributed by atoms with Crippen molar-refractivity contribution >= 4 is 5.91 Å². The Balaban J connectivity index is 1.95. The van der Waals surface area contributed by atoms with E-state index >= 15 is 0 Å². The smallest absolute Gasteiger partial charge is 0.227 e. The molecule has 0 aliphatic carbocycles. The molecule has 1 atom stereocenters. The third-order valence-electron chi connectivity index (χ3n) is 3.19. The van der Waals surface area contributed by atoms with Gasteiger partial charge in [-0.15, -0.1) is 0 Å². The van der Waals surface area contributed by atoms with Crippen LogP contribution in [0.15, 0.2) is 24.3 Å². The molecule has 0 aromatic heterocycles. The number of aryl methyl sites for hydroxylation is 1. The third kappa shape index (κ3) is 3.31. The number of nitrogens with two attached hydrogens (primary N) is 1. The van der Waals surface area contributed by atoms with Crippen LogP contribution in [-0.2, 0) is 16.0 Å². The Labute approximate surface area is 108 Å². The van der Waals surface area contributed by atoms with Gasteiger partial charge in [-0.25, -0.2) is 0 Å². The van der Waals surface area contributed by atoms with Crippen molar-refractivity contribution in [2.24, 2.45) is 5.73 Å². The molecule has 98 valence electrons. The summed E-state index contributed by atoms with van der Waals surface area (Å²) in [6.07, 6.45) is 0.444. The van der Waals surface area contributed by atoms with E-state index in [1.165, 1.54) is 5.56 Å². The highest BCUT2D eigenvalue weighted by molar-refractivity contribution is 5.79. The van der Waals surface area contributed by atoms with Crippen LogP contribution in [0.3, 0.4) is 0 Å². The zero-order valence-corrected chi connectivity index (χ0v) is 10.8. The predicted octanol–water partition coefficient (Wildman–Crippen LogP) is 0.724. The molecule has 1 heterocycles. The number of nitrogens with zero attached hydrogens (tertiary/aromatic N) is 1. The van der Waals surface area contributed by atoms with Crippen LogP contribution < -0.4 is 5.73 Å². The van der Waals surface area contributed by atoms with Crippen LogP contribution >= 0.6 is 0 Å². The molecule has 1 aromatic rings. The van der Waals surface area contributed by atoms with Gasteiger partial charge in [-0.1, -0.05) is 29.8 Å². The first-order valence-electron chi connectivity index (χ1n) is 6.34. The van der Waals surface area contributed by atoms with Crippen molar-refractivity contribution in [2.75, 3.05) is 26.2 Å². The number of morpholine rings is 1. The fourth-order valence-corrected chi connectivity index (χ4v) is 2.20. The van der Waals surface area contributed by atoms with Gasteiger partial charge in [0.1, 0.15) is 0 Å². The summed E-state index contributed by atoms with van der Waals surface area (Å²) in [5, 5.41) is 0. The number of benzene rings is 1. The minimum absolute atomic E-state index is 0.0137. The Morgan fingerprint density at radius 3 is 3.11 bits per heavy atom. The van der Waals surface area contributed by atoms with E-state index in [4.69, 9.17) is 10.5 Å². The molecule has 0 unspecified atom stereocenters. The Morgan fingerprint density at radius 2 is 2.39 bits per heavy atom. The minimum atomic E-state index is -0.0137. The van der Waals surface area contributed by atoms with Gasteiger partial charge in [-0.2, -0.15) is 0 Å². The average Bonchev–Trinajstić information content (AvgIpc) is 2.39. The molecule has 0 spiro atoms. The van der Waals surface area contributed by atoms with E-state index in [1.54, 1.807) is 0 Å². The van der Waals surface area contributed by atoms with E-state index in [0.29, 0.717) is 32.7 Å². The summed E-state index contributed by atoms with van der Waals surface area (Å²) in [4.78, 5) is 14.0. The normalized spacial score (nSPS) is 19.9. The second-order valence-corrected chi connectivity index (χ2v) is 4.73. The highest BCUT2D eigenvalue weighted by Gasteiger charge is 2.23. The molecular weight excluding hydrogens is 228 g/mol. The number of hydrogen-bond acceptors (Lipinski definition) is 3. The van der Waals surface area contributed by atoms with Gasteiger partial charge in [0.25, 0.3) is 0 Å². The second-order valence-electron chi connectivity index (χ2n) is 4.73. The van der Waals surface area contributed by atoms with Crippen LogP contribution in [0.5, 0.6) is 0 Å². The molecule has 2 rings (SSSR count). The molecule has 0 bridgehead atoms. The summed E-state index contributed by atoms with van der Waals surface area (Å²) in [5.74, 6) is 0.155. The van der Waals surface area contributed by atoms with Gasteiger partial charge in [0.2, 0.25) is 5.91 Å². The fraction of sp³-hybridized carbons (Fsp3) is 0.500. The number of rotatable bonds is 3. The highest BCUT2D eigenvalue weighted by Crippen LogP contribution is 2.09. The van der Waals surface area contributed by atoms with Gasteiger partial charge in [0, 0.05) is 19.6 Å². The molecule has 1 saturated heterocycles. The summed E-state index contributed by atoms with van der Waals surface area (Å²) in [5.41, 5.74) is 7.82. The summed E-state index contributed by atoms with van der Waals surface area (Å²) >= 11 is 0. The van der Waals surface area contributed by atoms with Crippen molar-refractivity contribution in [3.8, 4) is 0 Å². The molecule has 1 aromatic carbocycles. The Kier molecular flexibility index (Phi) is 4.33. The van der Waals surface area contributed by atoms with E-state index in [-0.39, 0.29) is 12.0 Å². The Hall–Kier alpha value is -1.39. The predicted molar refractivity (Wildman–Crippen MR) is 70.3 cm³/mol.